The van der Waals surface area contributed by atoms with Crippen LogP contribution in [0.5, 0.6) is 5.75 Å². The van der Waals surface area contributed by atoms with Crippen molar-refractivity contribution in [3.63, 3.8) is 0 Å². The lowest BCUT2D eigenvalue weighted by Gasteiger charge is -2.24. The number of fused-ring (bicyclic) bond motifs is 1. The van der Waals surface area contributed by atoms with Gasteiger partial charge >= 0.3 is 5.97 Å². The van der Waals surface area contributed by atoms with E-state index in [0.29, 0.717) is 11.3 Å². The number of benzene rings is 1. The number of hydrogen-bond acceptors (Lipinski definition) is 4. The molecule has 26 heavy (non-hydrogen) atoms. The Morgan fingerprint density at radius 1 is 1.35 bits per heavy atom. The van der Waals surface area contributed by atoms with Crippen LogP contribution >= 0.6 is 0 Å². The Morgan fingerprint density at radius 3 is 2.69 bits per heavy atom. The minimum absolute atomic E-state index is 0.0384. The quantitative estimate of drug-likeness (QED) is 0.856. The van der Waals surface area contributed by atoms with Crippen molar-refractivity contribution in [1.82, 2.24) is 15.1 Å². The van der Waals surface area contributed by atoms with E-state index >= 15 is 0 Å². The summed E-state index contributed by atoms with van der Waals surface area (Å²) in [4.78, 5) is 23.4. The van der Waals surface area contributed by atoms with Gasteiger partial charge in [-0.2, -0.15) is 5.10 Å². The zero-order valence-corrected chi connectivity index (χ0v) is 15.2. The predicted octanol–water partition coefficient (Wildman–Crippen LogP) is 2.31. The zero-order valence-electron chi connectivity index (χ0n) is 15.2. The van der Waals surface area contributed by atoms with Crippen LogP contribution < -0.4 is 10.1 Å². The molecule has 1 amide bonds. The topological polar surface area (TPSA) is 93.5 Å². The number of ether oxygens (including phenoxy) is 1. The van der Waals surface area contributed by atoms with Crippen molar-refractivity contribution in [1.29, 1.82) is 0 Å². The molecular formula is C19H23N3O4. The van der Waals surface area contributed by atoms with Crippen molar-refractivity contribution >= 4 is 11.9 Å². The SMILES string of the molecule is Cc1cc(C(=O)NC2CCCc3c2cnn3C)cc(C)c1OCC(=O)O. The molecule has 1 unspecified atom stereocenters. The molecule has 2 aromatic rings. The van der Waals surface area contributed by atoms with Gasteiger partial charge in [-0.3, -0.25) is 9.48 Å². The Kier molecular flexibility index (Phi) is 4.97. The Bertz CT molecular complexity index is 833. The number of amides is 1. The van der Waals surface area contributed by atoms with E-state index in [4.69, 9.17) is 9.84 Å². The molecular weight excluding hydrogens is 334 g/mol. The highest BCUT2D eigenvalue weighted by Gasteiger charge is 2.25. The first kappa shape index (κ1) is 18.0. The van der Waals surface area contributed by atoms with E-state index in [2.05, 4.69) is 10.4 Å². The number of carbonyl (C=O) groups is 2. The number of carboxylic acid groups (broad SMARTS) is 1. The van der Waals surface area contributed by atoms with Crippen molar-refractivity contribution < 1.29 is 19.4 Å². The lowest BCUT2D eigenvalue weighted by atomic mass is 9.92. The highest BCUT2D eigenvalue weighted by atomic mass is 16.5. The molecule has 0 saturated carbocycles. The van der Waals surface area contributed by atoms with Gasteiger partial charge in [-0.05, 0) is 56.4 Å². The maximum absolute atomic E-state index is 12.7. The number of carboxylic acids is 1. The molecule has 0 fully saturated rings. The summed E-state index contributed by atoms with van der Waals surface area (Å²) in [6.07, 6.45) is 4.71. The molecule has 1 atom stereocenters. The largest absolute Gasteiger partial charge is 0.481 e. The minimum atomic E-state index is -1.03. The first-order valence-electron chi connectivity index (χ1n) is 8.64. The molecule has 1 aromatic heterocycles. The molecule has 7 nitrogen and oxygen atoms in total. The number of aliphatic carboxylic acids is 1. The van der Waals surface area contributed by atoms with Crippen LogP contribution in [0.2, 0.25) is 0 Å². The van der Waals surface area contributed by atoms with Gasteiger partial charge in [0.25, 0.3) is 5.91 Å². The summed E-state index contributed by atoms with van der Waals surface area (Å²) >= 11 is 0. The van der Waals surface area contributed by atoms with Gasteiger partial charge in [0.2, 0.25) is 0 Å². The number of aromatic nitrogens is 2. The van der Waals surface area contributed by atoms with E-state index in [-0.39, 0.29) is 11.9 Å². The van der Waals surface area contributed by atoms with E-state index in [1.54, 1.807) is 26.0 Å². The fourth-order valence-corrected chi connectivity index (χ4v) is 3.54. The normalized spacial score (nSPS) is 16.0. The number of hydrogen-bond donors (Lipinski definition) is 2. The molecule has 1 aromatic carbocycles. The average Bonchev–Trinajstić information content (AvgIpc) is 2.96. The van der Waals surface area contributed by atoms with Gasteiger partial charge in [-0.15, -0.1) is 0 Å². The van der Waals surface area contributed by atoms with Gasteiger partial charge in [0.1, 0.15) is 5.75 Å². The third kappa shape index (κ3) is 3.56. The summed E-state index contributed by atoms with van der Waals surface area (Å²) < 4.78 is 7.19. The lowest BCUT2D eigenvalue weighted by molar-refractivity contribution is -0.139. The van der Waals surface area contributed by atoms with Crippen LogP contribution in [0.1, 0.15) is 51.6 Å². The highest BCUT2D eigenvalue weighted by molar-refractivity contribution is 5.95. The maximum atomic E-state index is 12.7. The van der Waals surface area contributed by atoms with Crippen LogP contribution in [0, 0.1) is 13.8 Å². The van der Waals surface area contributed by atoms with Crippen LogP contribution in [-0.4, -0.2) is 33.4 Å². The standard InChI is InChI=1S/C19H23N3O4/c1-11-7-13(8-12(2)18(11)26-10-17(23)24)19(25)21-15-5-4-6-16-14(15)9-20-22(16)3/h7-9,15H,4-6,10H2,1-3H3,(H,21,25)(H,23,24). The second-order valence-corrected chi connectivity index (χ2v) is 6.71. The summed E-state index contributed by atoms with van der Waals surface area (Å²) in [6.45, 7) is 3.21. The number of nitrogens with zero attached hydrogens (tertiary/aromatic N) is 2. The summed E-state index contributed by atoms with van der Waals surface area (Å²) in [6, 6.07) is 3.42. The van der Waals surface area contributed by atoms with Crippen LogP contribution in [0.3, 0.4) is 0 Å². The summed E-state index contributed by atoms with van der Waals surface area (Å²) in [5.41, 5.74) is 4.27. The maximum Gasteiger partial charge on any atom is 0.341 e. The average molecular weight is 357 g/mol. The molecule has 0 radical (unpaired) electrons. The Hall–Kier alpha value is -2.83. The molecule has 0 saturated heterocycles. The Morgan fingerprint density at radius 2 is 2.04 bits per heavy atom. The smallest absolute Gasteiger partial charge is 0.341 e. The summed E-state index contributed by atoms with van der Waals surface area (Å²) in [5.74, 6) is -0.672. The molecule has 3 rings (SSSR count). The molecule has 2 N–H and O–H groups in total. The first-order valence-corrected chi connectivity index (χ1v) is 8.64. The van der Waals surface area contributed by atoms with E-state index in [1.165, 1.54) is 5.69 Å². The van der Waals surface area contributed by atoms with Crippen molar-refractivity contribution in [2.45, 2.75) is 39.2 Å². The number of aryl methyl sites for hydroxylation is 3. The summed E-state index contributed by atoms with van der Waals surface area (Å²) in [5, 5.41) is 16.2. The van der Waals surface area contributed by atoms with Gasteiger partial charge in [0.15, 0.2) is 6.61 Å². The monoisotopic (exact) mass is 357 g/mol. The predicted molar refractivity (Wildman–Crippen MR) is 95.4 cm³/mol. The minimum Gasteiger partial charge on any atom is -0.481 e. The van der Waals surface area contributed by atoms with Gasteiger partial charge < -0.3 is 15.2 Å². The third-order valence-corrected chi connectivity index (χ3v) is 4.74. The van der Waals surface area contributed by atoms with Crippen molar-refractivity contribution in [2.24, 2.45) is 7.05 Å². The van der Waals surface area contributed by atoms with Crippen molar-refractivity contribution in [2.75, 3.05) is 6.61 Å². The van der Waals surface area contributed by atoms with Crippen LogP contribution in [0.25, 0.3) is 0 Å². The molecule has 138 valence electrons. The van der Waals surface area contributed by atoms with E-state index in [0.717, 1.165) is 36.0 Å². The number of rotatable bonds is 5. The molecule has 0 spiro atoms. The fourth-order valence-electron chi connectivity index (χ4n) is 3.54. The molecule has 0 bridgehead atoms. The van der Waals surface area contributed by atoms with E-state index in [1.807, 2.05) is 17.9 Å². The second kappa shape index (κ2) is 7.19. The molecule has 1 heterocycles. The molecule has 1 aliphatic carbocycles. The zero-order chi connectivity index (χ0) is 18.8. The first-order chi connectivity index (χ1) is 12.4. The lowest BCUT2D eigenvalue weighted by Crippen LogP contribution is -2.31. The molecule has 0 aliphatic heterocycles. The van der Waals surface area contributed by atoms with E-state index < -0.39 is 12.6 Å². The van der Waals surface area contributed by atoms with Crippen LogP contribution in [0.4, 0.5) is 0 Å². The van der Waals surface area contributed by atoms with Gasteiger partial charge in [0.05, 0.1) is 12.2 Å². The van der Waals surface area contributed by atoms with Gasteiger partial charge in [-0.1, -0.05) is 0 Å². The molecule has 1 aliphatic rings. The summed E-state index contributed by atoms with van der Waals surface area (Å²) in [7, 11) is 1.92. The Labute approximate surface area is 152 Å². The second-order valence-electron chi connectivity index (χ2n) is 6.71. The van der Waals surface area contributed by atoms with Crippen LogP contribution in [-0.2, 0) is 18.3 Å². The highest BCUT2D eigenvalue weighted by Crippen LogP contribution is 2.30. The van der Waals surface area contributed by atoms with Gasteiger partial charge in [-0.25, -0.2) is 4.79 Å². The third-order valence-electron chi connectivity index (χ3n) is 4.74. The molecule has 7 heteroatoms. The van der Waals surface area contributed by atoms with Crippen molar-refractivity contribution in [3.8, 4) is 5.75 Å². The van der Waals surface area contributed by atoms with E-state index in [9.17, 15) is 9.59 Å². The van der Waals surface area contributed by atoms with Gasteiger partial charge in [0, 0.05) is 23.9 Å². The van der Waals surface area contributed by atoms with Crippen molar-refractivity contribution in [3.05, 3.63) is 46.3 Å². The Balaban J connectivity index is 1.77. The number of nitrogens with one attached hydrogen (secondary N) is 1. The van der Waals surface area contributed by atoms with Crippen LogP contribution in [0.15, 0.2) is 18.3 Å². The fraction of sp³-hybridized carbons (Fsp3) is 0.421. The number of carbonyl (C=O) groups excluding carboxylic acids is 1.